The molecule has 6 rings (SSSR count). The van der Waals surface area contributed by atoms with E-state index in [-0.39, 0.29) is 0 Å². The Kier molecular flexibility index (Phi) is 11.7. The molecule has 1 heterocycles. The number of benzene rings is 5. The molecule has 0 aliphatic heterocycles. The summed E-state index contributed by atoms with van der Waals surface area (Å²) in [5.74, 6) is 3.56. The van der Waals surface area contributed by atoms with E-state index in [0.29, 0.717) is 25.0 Å². The highest BCUT2D eigenvalue weighted by Gasteiger charge is 2.22. The fourth-order valence-electron chi connectivity index (χ4n) is 7.01. The van der Waals surface area contributed by atoms with E-state index in [4.69, 9.17) is 14.5 Å². The first-order valence-corrected chi connectivity index (χ1v) is 19.2. The topological polar surface area (TPSA) is 36.3 Å². The van der Waals surface area contributed by atoms with Crippen molar-refractivity contribution in [2.75, 3.05) is 13.2 Å². The van der Waals surface area contributed by atoms with Crippen molar-refractivity contribution < 1.29 is 9.47 Å². The molecule has 0 fully saturated rings. The van der Waals surface area contributed by atoms with Crippen LogP contribution in [0.15, 0.2) is 89.4 Å². The maximum Gasteiger partial charge on any atom is 0.161 e. The molecule has 0 N–H and O–H groups in total. The van der Waals surface area contributed by atoms with Crippen LogP contribution >= 0.6 is 15.9 Å². The van der Waals surface area contributed by atoms with Crippen molar-refractivity contribution in [3.8, 4) is 28.6 Å². The molecule has 1 aromatic heterocycles. The number of aromatic nitrogens is 2. The average molecular weight is 718 g/mol. The summed E-state index contributed by atoms with van der Waals surface area (Å²) < 4.78 is 16.7. The first-order chi connectivity index (χ1) is 23.9. The molecule has 0 saturated carbocycles. The molecule has 0 aliphatic carbocycles. The molecule has 0 aliphatic rings. The van der Waals surface area contributed by atoms with E-state index >= 15 is 0 Å². The van der Waals surface area contributed by atoms with Crippen molar-refractivity contribution in [2.24, 2.45) is 11.8 Å². The molecule has 0 bridgehead atoms. The SMILES string of the molecule is Bc1ccc2c3ccc(Br)cc3c3nc(-c4ccc(OCC(CC)CCCC)c(OCC(CC)CCCC)c4)n(-c4ccccc4)c3c2c1. The van der Waals surface area contributed by atoms with Crippen LogP contribution in [0.3, 0.4) is 0 Å². The van der Waals surface area contributed by atoms with Gasteiger partial charge in [-0.3, -0.25) is 4.57 Å². The van der Waals surface area contributed by atoms with E-state index in [1.165, 1.54) is 60.1 Å². The molecule has 254 valence electrons. The number of hydrogen-bond acceptors (Lipinski definition) is 3. The molecule has 2 atom stereocenters. The number of rotatable bonds is 16. The Morgan fingerprint density at radius 1 is 0.694 bits per heavy atom. The lowest BCUT2D eigenvalue weighted by molar-refractivity contribution is 0.199. The van der Waals surface area contributed by atoms with E-state index < -0.39 is 0 Å². The second kappa shape index (κ2) is 16.3. The molecule has 6 heteroatoms. The van der Waals surface area contributed by atoms with Crippen molar-refractivity contribution in [1.29, 1.82) is 0 Å². The minimum Gasteiger partial charge on any atom is -0.489 e. The van der Waals surface area contributed by atoms with Crippen molar-refractivity contribution in [2.45, 2.75) is 79.1 Å². The van der Waals surface area contributed by atoms with Crippen LogP contribution in [-0.2, 0) is 0 Å². The van der Waals surface area contributed by atoms with Gasteiger partial charge in [0.1, 0.15) is 13.7 Å². The quantitative estimate of drug-likeness (QED) is 0.0739. The van der Waals surface area contributed by atoms with Gasteiger partial charge in [0.2, 0.25) is 0 Å². The third-order valence-electron chi connectivity index (χ3n) is 10.1. The van der Waals surface area contributed by atoms with Crippen molar-refractivity contribution in [3.63, 3.8) is 0 Å². The Morgan fingerprint density at radius 3 is 2.02 bits per heavy atom. The van der Waals surface area contributed by atoms with Crippen LogP contribution in [0.2, 0.25) is 0 Å². The summed E-state index contributed by atoms with van der Waals surface area (Å²) in [5, 5.41) is 4.76. The Hall–Kier alpha value is -3.77. The number of nitrogens with zero attached hydrogens (tertiary/aromatic N) is 2. The van der Waals surface area contributed by atoms with Crippen LogP contribution in [0.25, 0.3) is 49.7 Å². The molecule has 5 aromatic carbocycles. The van der Waals surface area contributed by atoms with Crippen LogP contribution in [0.1, 0.15) is 79.1 Å². The number of halogens is 1. The third-order valence-corrected chi connectivity index (χ3v) is 10.6. The zero-order chi connectivity index (χ0) is 34.3. The molecular weight excluding hydrogens is 667 g/mol. The van der Waals surface area contributed by atoms with Crippen LogP contribution in [-0.4, -0.2) is 30.6 Å². The van der Waals surface area contributed by atoms with Crippen LogP contribution < -0.4 is 14.9 Å². The predicted octanol–water partition coefficient (Wildman–Crippen LogP) is 11.2. The van der Waals surface area contributed by atoms with Gasteiger partial charge in [-0.2, -0.15) is 0 Å². The highest BCUT2D eigenvalue weighted by atomic mass is 79.9. The summed E-state index contributed by atoms with van der Waals surface area (Å²) in [5.41, 5.74) is 5.41. The second-order valence-electron chi connectivity index (χ2n) is 13.7. The molecule has 6 aromatic rings. The van der Waals surface area contributed by atoms with Gasteiger partial charge in [-0.05, 0) is 77.9 Å². The number of ether oxygens (including phenoxy) is 2. The summed E-state index contributed by atoms with van der Waals surface area (Å²) in [6, 6.07) is 30.4. The minimum absolute atomic E-state index is 0.512. The maximum absolute atomic E-state index is 6.72. The lowest BCUT2D eigenvalue weighted by Gasteiger charge is -2.21. The van der Waals surface area contributed by atoms with Gasteiger partial charge in [-0.1, -0.05) is 130 Å². The lowest BCUT2D eigenvalue weighted by Crippen LogP contribution is -2.14. The molecule has 0 spiro atoms. The first-order valence-electron chi connectivity index (χ1n) is 18.4. The van der Waals surface area contributed by atoms with Gasteiger partial charge in [0, 0.05) is 26.5 Å². The predicted molar refractivity (Wildman–Crippen MR) is 215 cm³/mol. The number of imidazole rings is 1. The Bertz CT molecular complexity index is 2020. The van der Waals surface area contributed by atoms with Crippen molar-refractivity contribution in [1.82, 2.24) is 9.55 Å². The van der Waals surface area contributed by atoms with Gasteiger partial charge in [-0.15, -0.1) is 0 Å². The summed E-state index contributed by atoms with van der Waals surface area (Å²) in [7, 11) is 2.17. The van der Waals surface area contributed by atoms with Gasteiger partial charge in [0.15, 0.2) is 11.5 Å². The Morgan fingerprint density at radius 2 is 1.35 bits per heavy atom. The standard InChI is InChI=1S/C43H50BBrN2O2/c1-5-9-14-29(7-3)27-48-39-23-18-31(24-40(39)49-28-30(8-4)15-10-6-2)43-46-41-37-26-33(45)20-22-35(37)36-21-19-32(44)25-38(36)42(41)47(43)34-16-12-11-13-17-34/h11-13,16-26,29-30H,5-10,14-15,27-28,44H2,1-4H3. The van der Waals surface area contributed by atoms with E-state index in [2.05, 4.69) is 141 Å². The van der Waals surface area contributed by atoms with E-state index in [0.717, 1.165) is 62.3 Å². The summed E-state index contributed by atoms with van der Waals surface area (Å²) in [6.45, 7) is 10.4. The molecule has 2 unspecified atom stereocenters. The minimum atomic E-state index is 0.512. The second-order valence-corrected chi connectivity index (χ2v) is 14.6. The Balaban J connectivity index is 1.54. The number of unbranched alkanes of at least 4 members (excludes halogenated alkanes) is 2. The zero-order valence-electron chi connectivity index (χ0n) is 29.9. The van der Waals surface area contributed by atoms with Gasteiger partial charge in [-0.25, -0.2) is 4.98 Å². The molecule has 0 saturated heterocycles. The smallest absolute Gasteiger partial charge is 0.161 e. The van der Waals surface area contributed by atoms with Crippen LogP contribution in [0.4, 0.5) is 0 Å². The van der Waals surface area contributed by atoms with Crippen molar-refractivity contribution in [3.05, 3.63) is 89.4 Å². The normalized spacial score (nSPS) is 12.9. The van der Waals surface area contributed by atoms with Gasteiger partial charge < -0.3 is 9.47 Å². The zero-order valence-corrected chi connectivity index (χ0v) is 31.5. The molecular formula is C43H50BBrN2O2. The maximum atomic E-state index is 6.72. The van der Waals surface area contributed by atoms with Crippen LogP contribution in [0.5, 0.6) is 11.5 Å². The van der Waals surface area contributed by atoms with Crippen LogP contribution in [0, 0.1) is 11.8 Å². The highest BCUT2D eigenvalue weighted by Crippen LogP contribution is 2.41. The summed E-state index contributed by atoms with van der Waals surface area (Å²) in [4.78, 5) is 5.50. The van der Waals surface area contributed by atoms with Crippen molar-refractivity contribution >= 4 is 61.8 Å². The molecule has 49 heavy (non-hydrogen) atoms. The average Bonchev–Trinajstić information content (AvgIpc) is 3.54. The largest absolute Gasteiger partial charge is 0.489 e. The fraction of sp³-hybridized carbons (Fsp3) is 0.372. The number of fused-ring (bicyclic) bond motifs is 6. The van der Waals surface area contributed by atoms with Gasteiger partial charge in [0.25, 0.3) is 0 Å². The van der Waals surface area contributed by atoms with E-state index in [9.17, 15) is 0 Å². The number of para-hydroxylation sites is 1. The molecule has 4 nitrogen and oxygen atoms in total. The third kappa shape index (κ3) is 7.70. The monoisotopic (exact) mass is 716 g/mol. The fourth-order valence-corrected chi connectivity index (χ4v) is 7.37. The molecule has 0 amide bonds. The van der Waals surface area contributed by atoms with Gasteiger partial charge >= 0.3 is 0 Å². The lowest BCUT2D eigenvalue weighted by atomic mass is 9.91. The van der Waals surface area contributed by atoms with E-state index in [1.54, 1.807) is 0 Å². The molecule has 0 radical (unpaired) electrons. The summed E-state index contributed by atoms with van der Waals surface area (Å²) in [6.07, 6.45) is 9.44. The van der Waals surface area contributed by atoms with Gasteiger partial charge in [0.05, 0.1) is 24.2 Å². The number of hydrogen-bond donors (Lipinski definition) is 0. The van der Waals surface area contributed by atoms with E-state index in [1.807, 2.05) is 0 Å². The first kappa shape index (κ1) is 35.1. The Labute approximate surface area is 301 Å². The highest BCUT2D eigenvalue weighted by molar-refractivity contribution is 9.10. The summed E-state index contributed by atoms with van der Waals surface area (Å²) >= 11 is 3.76.